The molecule has 0 bridgehead atoms. The molecule has 10 heterocycles. The average Bonchev–Trinajstić information content (AvgIpc) is 0.751. The zero-order valence-electron chi connectivity index (χ0n) is 65.5. The molecule has 0 saturated carbocycles. The maximum Gasteiger partial charge on any atom is 0.217 e. The summed E-state index contributed by atoms with van der Waals surface area (Å²) in [4.78, 5) is 52.9. The number of aliphatic hydroxyl groups is 26. The van der Waals surface area contributed by atoms with Crippen molar-refractivity contribution in [3.05, 3.63) is 0 Å². The van der Waals surface area contributed by atoms with Gasteiger partial charge in [-0.05, 0) is 13.8 Å². The first-order chi connectivity index (χ1) is 57.2. The Kier molecular flexibility index (Phi) is 35.3. The number of carbonyl (C=O) groups is 4. The van der Waals surface area contributed by atoms with E-state index >= 15 is 0 Å². The summed E-state index contributed by atoms with van der Waals surface area (Å²) in [5.41, 5.74) is 0. The Morgan fingerprint density at radius 3 is 0.909 bits per heavy atom. The van der Waals surface area contributed by atoms with Gasteiger partial charge >= 0.3 is 0 Å². The molecule has 10 saturated heterocycles. The summed E-state index contributed by atoms with van der Waals surface area (Å²) in [6.45, 7) is -3.06. The van der Waals surface area contributed by atoms with E-state index in [2.05, 4.69) is 21.3 Å². The third kappa shape index (κ3) is 21.8. The molecular formula is C68H114N4O49. The van der Waals surface area contributed by atoms with Gasteiger partial charge in [0.1, 0.15) is 232 Å². The second kappa shape index (κ2) is 43.0. The van der Waals surface area contributed by atoms with Gasteiger partial charge in [0.2, 0.25) is 23.6 Å². The van der Waals surface area contributed by atoms with Crippen molar-refractivity contribution in [1.29, 1.82) is 0 Å². The van der Waals surface area contributed by atoms with Gasteiger partial charge in [-0.3, -0.25) is 19.2 Å². The van der Waals surface area contributed by atoms with E-state index in [1.54, 1.807) is 0 Å². The summed E-state index contributed by atoms with van der Waals surface area (Å²) in [5, 5.41) is 301. The highest BCUT2D eigenvalue weighted by Crippen LogP contribution is 2.42. The van der Waals surface area contributed by atoms with E-state index in [0.29, 0.717) is 0 Å². The van der Waals surface area contributed by atoms with Gasteiger partial charge in [-0.1, -0.05) is 0 Å². The molecule has 0 spiro atoms. The molecule has 10 aliphatic heterocycles. The Bertz CT molecular complexity index is 3270. The minimum atomic E-state index is -2.56. The van der Waals surface area contributed by atoms with Crippen molar-refractivity contribution in [3.63, 3.8) is 0 Å². The molecular weight excluding hydrogens is 1660 g/mol. The molecule has 121 heavy (non-hydrogen) atoms. The average molecular weight is 1770 g/mol. The summed E-state index contributed by atoms with van der Waals surface area (Å²) in [6.07, 6.45) is -97.1. The van der Waals surface area contributed by atoms with E-state index in [-0.39, 0.29) is 0 Å². The number of aliphatic hydroxyl groups excluding tert-OH is 26. The lowest BCUT2D eigenvalue weighted by atomic mass is 9.93. The molecule has 0 radical (unpaired) electrons. The molecule has 4 amide bonds. The lowest BCUT2D eigenvalue weighted by Gasteiger charge is -2.52. The highest BCUT2D eigenvalue weighted by Gasteiger charge is 2.63. The van der Waals surface area contributed by atoms with E-state index in [9.17, 15) is 152 Å². The van der Waals surface area contributed by atoms with Gasteiger partial charge in [0.25, 0.3) is 0 Å². The molecule has 30 N–H and O–H groups in total. The van der Waals surface area contributed by atoms with Gasteiger partial charge in [0, 0.05) is 27.7 Å². The summed E-state index contributed by atoms with van der Waals surface area (Å²) < 4.78 is 116. The summed E-state index contributed by atoms with van der Waals surface area (Å²) in [5.74, 6) is -3.91. The summed E-state index contributed by atoms with van der Waals surface area (Å²) in [7, 11) is 0. The van der Waals surface area contributed by atoms with Crippen molar-refractivity contribution < 1.29 is 242 Å². The zero-order chi connectivity index (χ0) is 89.1. The number of hydrogen-bond acceptors (Lipinski definition) is 49. The normalized spacial score (nSPS) is 50.0. The number of nitrogens with one attached hydrogen (secondary N) is 4. The first-order valence-electron chi connectivity index (χ1n) is 38.9. The van der Waals surface area contributed by atoms with Gasteiger partial charge in [-0.25, -0.2) is 0 Å². The van der Waals surface area contributed by atoms with Crippen LogP contribution in [0.4, 0.5) is 0 Å². The Hall–Kier alpha value is -3.92. The molecule has 0 aliphatic carbocycles. The molecule has 10 fully saturated rings. The first kappa shape index (κ1) is 99.2. The highest BCUT2D eigenvalue weighted by atomic mass is 16.8. The second-order valence-electron chi connectivity index (χ2n) is 30.9. The summed E-state index contributed by atoms with van der Waals surface area (Å²) in [6, 6.07) is -7.94. The smallest absolute Gasteiger partial charge is 0.217 e. The van der Waals surface area contributed by atoms with Gasteiger partial charge in [-0.15, -0.1) is 0 Å². The van der Waals surface area contributed by atoms with E-state index < -0.39 is 383 Å². The van der Waals surface area contributed by atoms with Crippen molar-refractivity contribution in [2.75, 3.05) is 52.9 Å². The molecule has 700 valence electrons. The standard InChI is InChI=1S/C68H114N4O49/c1-15-33(84)44(95)48(99)64(104-15)120-57-55(118-61-29(69-17(3)80)42(93)35(86)21(7-73)108-61)40(91)26(12-78)112-67(57)115-52-31(71-19(5)82)60(107-23(9-75)37(52)88)103-14-28-41(92)56(119-62-30(70-18(4)81)43(94)36(87)22(8-74)109-62)58(121-65-49(100)45(96)34(85)16(2)105-65)68(113-28)116-53-32(72-20(6)83)63(110-24(10-76)38(53)89)117-54-39(90)25(11-77)111-66(50(54)101)114-51-27(13-79)106-59(102)47(98)46(51)97/h15-16,21-68,73-79,84-102H,7-14H2,1-6H3,(H,69,80)(H,70,81)(H,71,82)(H,72,83)/t15-,16-,21+,22+,23+,24+,25+,26+,27+,28+,29+,30+,31+,32+,33+,34+,35-,36-,37+,38+,39-,40-,41-,42+,43+,44+,45+,46+,47+,48-,49-,50+,51+,52+,53+,54-,55-,56-,57+,58+,59+,60+,61+,62+,63-,64-,65-,66-,67-,68-/m0/s1. The van der Waals surface area contributed by atoms with Gasteiger partial charge in [-0.2, -0.15) is 0 Å². The van der Waals surface area contributed by atoms with E-state index in [0.717, 1.165) is 27.7 Å². The fourth-order valence-corrected chi connectivity index (χ4v) is 15.8. The zero-order valence-corrected chi connectivity index (χ0v) is 65.5. The number of carbonyl (C=O) groups excluding carboxylic acids is 4. The van der Waals surface area contributed by atoms with Gasteiger partial charge < -0.3 is 244 Å². The predicted octanol–water partition coefficient (Wildman–Crippen LogP) is -20.2. The molecule has 0 unspecified atom stereocenters. The SMILES string of the molecule is CC(=O)N[C@H]1[C@@H](O[C@H]2[C@@H](O)[C@@H](CO)O[C@@H](O[C@H]3[C@H](O)[C@@H](CO)O[C@@H](OC[C@H]4O[C@@H](O[C@H]5[C@H](O)[C@@H](CO)O[C@@H](O[C@H]6[C@@H](O)[C@@H](CO)O[C@@H](O[C@H]7[C@H](O)[C@@H](O)[C@H](O)O[C@@H]7CO)[C@@H]6O)[C@@H]5NC(C)=O)[C@H](O[C@@H]5O[C@@H](C)[C@@H](O)[C@@H](O)[C@@H]5O)[C@@H](O[C@H]5O[C@H](CO)[C@H](O)[C@H](O)[C@H]5NC(C)=O)[C@H]4O)[C@@H]3NC(C)=O)[C@@H]2O[C@@H]2O[C@@H](C)[C@@H](O)[C@@H](O)[C@@H]2O)O[C@H](CO)[C@H](O)[C@@H]1O. The van der Waals surface area contributed by atoms with Crippen LogP contribution < -0.4 is 21.3 Å². The van der Waals surface area contributed by atoms with E-state index in [4.69, 9.17) is 90.0 Å². The number of amides is 4. The van der Waals surface area contributed by atoms with Crippen LogP contribution in [0.15, 0.2) is 0 Å². The monoisotopic (exact) mass is 1770 g/mol. The fraction of sp³-hybridized carbons (Fsp3) is 0.941. The Morgan fingerprint density at radius 1 is 0.231 bits per heavy atom. The maximum atomic E-state index is 13.7. The first-order valence-corrected chi connectivity index (χ1v) is 38.9. The fourth-order valence-electron chi connectivity index (χ4n) is 15.8. The van der Waals surface area contributed by atoms with E-state index in [1.165, 1.54) is 13.8 Å². The van der Waals surface area contributed by atoms with Crippen molar-refractivity contribution in [2.24, 2.45) is 0 Å². The molecule has 10 aliphatic rings. The van der Waals surface area contributed by atoms with Crippen LogP contribution in [0.3, 0.4) is 0 Å². The quantitative estimate of drug-likeness (QED) is 0.0318. The Labute approximate surface area is 686 Å². The number of hydrogen-bond donors (Lipinski definition) is 30. The minimum Gasteiger partial charge on any atom is -0.394 e. The lowest BCUT2D eigenvalue weighted by Crippen LogP contribution is -2.72. The maximum absolute atomic E-state index is 13.7. The molecule has 50 atom stereocenters. The van der Waals surface area contributed by atoms with Crippen LogP contribution in [-0.2, 0) is 109 Å². The van der Waals surface area contributed by atoms with Crippen LogP contribution in [-0.4, -0.2) is 516 Å². The third-order valence-electron chi connectivity index (χ3n) is 22.4. The van der Waals surface area contributed by atoms with Crippen molar-refractivity contribution in [3.8, 4) is 0 Å². The Morgan fingerprint density at radius 2 is 0.512 bits per heavy atom. The number of rotatable bonds is 30. The molecule has 10 rings (SSSR count). The second-order valence-corrected chi connectivity index (χ2v) is 30.9. The Balaban J connectivity index is 1.06. The van der Waals surface area contributed by atoms with Crippen LogP contribution in [0, 0.1) is 0 Å². The molecule has 53 nitrogen and oxygen atoms in total. The molecule has 0 aromatic carbocycles. The van der Waals surface area contributed by atoms with Crippen molar-refractivity contribution in [2.45, 2.75) is 348 Å². The lowest BCUT2D eigenvalue weighted by molar-refractivity contribution is -0.405. The molecule has 0 aromatic rings. The third-order valence-corrected chi connectivity index (χ3v) is 22.4. The van der Waals surface area contributed by atoms with Crippen molar-refractivity contribution in [1.82, 2.24) is 21.3 Å². The van der Waals surface area contributed by atoms with Crippen LogP contribution in [0.2, 0.25) is 0 Å². The van der Waals surface area contributed by atoms with Crippen LogP contribution in [0.5, 0.6) is 0 Å². The molecule has 0 aromatic heterocycles. The van der Waals surface area contributed by atoms with E-state index in [1.807, 2.05) is 0 Å². The van der Waals surface area contributed by atoms with Crippen molar-refractivity contribution >= 4 is 23.6 Å². The number of ether oxygens (including phenoxy) is 19. The van der Waals surface area contributed by atoms with Crippen LogP contribution in [0.25, 0.3) is 0 Å². The predicted molar refractivity (Wildman–Crippen MR) is 373 cm³/mol. The van der Waals surface area contributed by atoms with Crippen LogP contribution >= 0.6 is 0 Å². The van der Waals surface area contributed by atoms with Crippen LogP contribution in [0.1, 0.15) is 41.5 Å². The topological polar surface area (TPSA) is 818 Å². The largest absolute Gasteiger partial charge is 0.394 e. The molecule has 53 heteroatoms. The minimum absolute atomic E-state index is 0.873. The summed E-state index contributed by atoms with van der Waals surface area (Å²) >= 11 is 0. The highest BCUT2D eigenvalue weighted by molar-refractivity contribution is 5.74. The van der Waals surface area contributed by atoms with Gasteiger partial charge in [0.05, 0.1) is 65.1 Å². The van der Waals surface area contributed by atoms with Gasteiger partial charge in [0.15, 0.2) is 62.9 Å².